The number of anilines is 1. The minimum atomic E-state index is -1.44. The number of nitro groups is 1. The number of nitrogens with zero attached hydrogens (tertiary/aromatic N) is 1. The Bertz CT molecular complexity index is 1010. The van der Waals surface area contributed by atoms with Gasteiger partial charge in [-0.15, -0.1) is 0 Å². The zero-order valence-corrected chi connectivity index (χ0v) is 16.5. The topological polar surface area (TPSA) is 93.5 Å². The van der Waals surface area contributed by atoms with Crippen LogP contribution < -0.4 is 15.4 Å². The molecular weight excluding hydrogens is 394 g/mol. The standard InChI is InChI=1S/C21H20ClN3O4/c1-3-10-29-17-9-8-13(11-15(17)22)18-12(2)24-21(19(18)25(27)28)14-6-4-5-7-16(14)23-20(21)26/h3-9,11-12,18-19,24H,1,10H2,2H3,(H,23,26)/t12-,18-,19-,21-/m0/s1. The lowest BCUT2D eigenvalue weighted by Gasteiger charge is -2.25. The third kappa shape index (κ3) is 2.89. The lowest BCUT2D eigenvalue weighted by Crippen LogP contribution is -2.54. The molecule has 2 heterocycles. The number of carbonyl (C=O) groups is 1. The van der Waals surface area contributed by atoms with Crippen LogP contribution in [-0.4, -0.2) is 29.5 Å². The van der Waals surface area contributed by atoms with E-state index in [0.717, 1.165) is 0 Å². The fourth-order valence-electron chi connectivity index (χ4n) is 4.54. The van der Waals surface area contributed by atoms with E-state index in [0.29, 0.717) is 34.2 Å². The first-order valence-corrected chi connectivity index (χ1v) is 9.63. The minimum absolute atomic E-state index is 0.304. The molecule has 2 aromatic rings. The van der Waals surface area contributed by atoms with Crippen LogP contribution in [-0.2, 0) is 10.3 Å². The van der Waals surface area contributed by atoms with Gasteiger partial charge in [0.25, 0.3) is 11.9 Å². The predicted molar refractivity (Wildman–Crippen MR) is 110 cm³/mol. The maximum Gasteiger partial charge on any atom is 0.256 e. The van der Waals surface area contributed by atoms with Gasteiger partial charge >= 0.3 is 0 Å². The van der Waals surface area contributed by atoms with Crippen molar-refractivity contribution < 1.29 is 14.5 Å². The van der Waals surface area contributed by atoms with Crippen molar-refractivity contribution in [2.45, 2.75) is 30.5 Å². The van der Waals surface area contributed by atoms with Gasteiger partial charge in [0.15, 0.2) is 5.54 Å². The molecule has 1 amide bonds. The Hall–Kier alpha value is -2.90. The predicted octanol–water partition coefficient (Wildman–Crippen LogP) is 3.47. The number of carbonyl (C=O) groups excluding carboxylic acids is 1. The molecule has 29 heavy (non-hydrogen) atoms. The largest absolute Gasteiger partial charge is 0.488 e. The second kappa shape index (κ2) is 7.17. The molecule has 2 N–H and O–H groups in total. The van der Waals surface area contributed by atoms with Crippen molar-refractivity contribution in [3.8, 4) is 5.75 Å². The fourth-order valence-corrected chi connectivity index (χ4v) is 4.79. The summed E-state index contributed by atoms with van der Waals surface area (Å²) >= 11 is 6.35. The van der Waals surface area contributed by atoms with Crippen molar-refractivity contribution in [1.82, 2.24) is 5.32 Å². The molecule has 7 nitrogen and oxygen atoms in total. The maximum absolute atomic E-state index is 13.0. The van der Waals surface area contributed by atoms with Crippen LogP contribution in [0.2, 0.25) is 5.02 Å². The van der Waals surface area contributed by atoms with E-state index in [1.54, 1.807) is 48.5 Å². The van der Waals surface area contributed by atoms with Crippen LogP contribution in [0.3, 0.4) is 0 Å². The van der Waals surface area contributed by atoms with E-state index in [9.17, 15) is 14.9 Å². The van der Waals surface area contributed by atoms with E-state index in [4.69, 9.17) is 16.3 Å². The molecule has 1 saturated heterocycles. The van der Waals surface area contributed by atoms with E-state index in [1.165, 1.54) is 0 Å². The number of amides is 1. The Balaban J connectivity index is 1.80. The van der Waals surface area contributed by atoms with Gasteiger partial charge < -0.3 is 10.1 Å². The summed E-state index contributed by atoms with van der Waals surface area (Å²) in [4.78, 5) is 24.9. The van der Waals surface area contributed by atoms with E-state index in [2.05, 4.69) is 17.2 Å². The van der Waals surface area contributed by atoms with E-state index >= 15 is 0 Å². The van der Waals surface area contributed by atoms with Crippen LogP contribution in [0, 0.1) is 10.1 Å². The molecule has 2 aliphatic heterocycles. The smallest absolute Gasteiger partial charge is 0.256 e. The van der Waals surface area contributed by atoms with Crippen LogP contribution >= 0.6 is 11.6 Å². The van der Waals surface area contributed by atoms with Crippen LogP contribution in [0.4, 0.5) is 5.69 Å². The molecule has 4 atom stereocenters. The average Bonchev–Trinajstić information content (AvgIpc) is 3.15. The molecule has 8 heteroatoms. The summed E-state index contributed by atoms with van der Waals surface area (Å²) in [5, 5.41) is 18.6. The van der Waals surface area contributed by atoms with Crippen molar-refractivity contribution in [1.29, 1.82) is 0 Å². The van der Waals surface area contributed by atoms with Crippen LogP contribution in [0.5, 0.6) is 5.75 Å². The summed E-state index contributed by atoms with van der Waals surface area (Å²) < 4.78 is 5.50. The Morgan fingerprint density at radius 1 is 1.34 bits per heavy atom. The van der Waals surface area contributed by atoms with Gasteiger partial charge in [-0.3, -0.25) is 20.2 Å². The Morgan fingerprint density at radius 2 is 2.10 bits per heavy atom. The zero-order valence-electron chi connectivity index (χ0n) is 15.7. The first-order valence-electron chi connectivity index (χ1n) is 9.25. The molecule has 0 aliphatic carbocycles. The number of hydrogen-bond donors (Lipinski definition) is 2. The van der Waals surface area contributed by atoms with Crippen LogP contribution in [0.1, 0.15) is 24.0 Å². The summed E-state index contributed by atoms with van der Waals surface area (Å²) in [6.07, 6.45) is 1.61. The van der Waals surface area contributed by atoms with Gasteiger partial charge in [-0.2, -0.15) is 0 Å². The number of benzene rings is 2. The molecule has 2 aromatic carbocycles. The number of halogens is 1. The number of ether oxygens (including phenoxy) is 1. The summed E-state index contributed by atoms with van der Waals surface area (Å²) in [7, 11) is 0. The third-order valence-corrected chi connectivity index (χ3v) is 5.96. The fraction of sp³-hybridized carbons (Fsp3) is 0.286. The lowest BCUT2D eigenvalue weighted by atomic mass is 9.78. The molecule has 1 fully saturated rings. The molecule has 150 valence electrons. The molecule has 0 unspecified atom stereocenters. The Morgan fingerprint density at radius 3 is 2.79 bits per heavy atom. The number of para-hydroxylation sites is 1. The maximum atomic E-state index is 13.0. The molecule has 0 bridgehead atoms. The summed E-state index contributed by atoms with van der Waals surface area (Å²) in [5.74, 6) is -0.495. The van der Waals surface area contributed by atoms with Crippen molar-refractivity contribution in [2.75, 3.05) is 11.9 Å². The highest BCUT2D eigenvalue weighted by Crippen LogP contribution is 2.50. The van der Waals surface area contributed by atoms with Gasteiger partial charge in [0.2, 0.25) is 0 Å². The van der Waals surface area contributed by atoms with Gasteiger partial charge in [0, 0.05) is 22.2 Å². The van der Waals surface area contributed by atoms with Crippen molar-refractivity contribution in [2.24, 2.45) is 0 Å². The highest BCUT2D eigenvalue weighted by Gasteiger charge is 2.67. The Kier molecular flexibility index (Phi) is 4.80. The molecule has 2 aliphatic rings. The highest BCUT2D eigenvalue weighted by atomic mass is 35.5. The molecule has 0 aromatic heterocycles. The quantitative estimate of drug-likeness (QED) is 0.444. The second-order valence-corrected chi connectivity index (χ2v) is 7.69. The van der Waals surface area contributed by atoms with Crippen molar-refractivity contribution in [3.05, 3.63) is 81.4 Å². The molecule has 0 saturated carbocycles. The number of fused-ring (bicyclic) bond motifs is 2. The number of nitrogens with one attached hydrogen (secondary N) is 2. The van der Waals surface area contributed by atoms with Gasteiger partial charge in [0.1, 0.15) is 12.4 Å². The van der Waals surface area contributed by atoms with Gasteiger partial charge in [-0.25, -0.2) is 0 Å². The SMILES string of the molecule is C=CCOc1ccc([C@@H]2[C@H](C)N[C@]3(C(=O)Nc4ccccc43)[C@H]2[N+](=O)[O-])cc1Cl. The zero-order chi connectivity index (χ0) is 20.8. The summed E-state index contributed by atoms with van der Waals surface area (Å²) in [6.45, 7) is 5.75. The minimum Gasteiger partial charge on any atom is -0.488 e. The first kappa shape index (κ1) is 19.4. The van der Waals surface area contributed by atoms with E-state index in [1.807, 2.05) is 6.92 Å². The van der Waals surface area contributed by atoms with Gasteiger partial charge in [-0.05, 0) is 30.7 Å². The van der Waals surface area contributed by atoms with Crippen molar-refractivity contribution in [3.63, 3.8) is 0 Å². The molecular formula is C21H20ClN3O4. The number of rotatable bonds is 5. The lowest BCUT2D eigenvalue weighted by molar-refractivity contribution is -0.532. The summed E-state index contributed by atoms with van der Waals surface area (Å²) in [6, 6.07) is 10.7. The monoisotopic (exact) mass is 413 g/mol. The van der Waals surface area contributed by atoms with E-state index in [-0.39, 0.29) is 11.0 Å². The van der Waals surface area contributed by atoms with Crippen LogP contribution in [0.25, 0.3) is 0 Å². The van der Waals surface area contributed by atoms with E-state index < -0.39 is 23.4 Å². The van der Waals surface area contributed by atoms with Crippen molar-refractivity contribution >= 4 is 23.2 Å². The van der Waals surface area contributed by atoms with Gasteiger partial charge in [-0.1, -0.05) is 48.5 Å². The van der Waals surface area contributed by atoms with Crippen LogP contribution in [0.15, 0.2) is 55.1 Å². The molecule has 0 radical (unpaired) electrons. The third-order valence-electron chi connectivity index (χ3n) is 5.66. The Labute approximate surface area is 172 Å². The second-order valence-electron chi connectivity index (χ2n) is 7.29. The summed E-state index contributed by atoms with van der Waals surface area (Å²) in [5.41, 5.74) is 0.431. The average molecular weight is 414 g/mol. The molecule has 4 rings (SSSR count). The number of hydrogen-bond acceptors (Lipinski definition) is 5. The normalized spacial score (nSPS) is 27.5. The van der Waals surface area contributed by atoms with Gasteiger partial charge in [0.05, 0.1) is 10.9 Å². The molecule has 1 spiro atoms. The first-order chi connectivity index (χ1) is 13.9. The highest BCUT2D eigenvalue weighted by molar-refractivity contribution is 6.32.